The highest BCUT2D eigenvalue weighted by molar-refractivity contribution is 8.00. The van der Waals surface area contributed by atoms with Crippen molar-refractivity contribution < 1.29 is 8.82 Å². The molecule has 1 aromatic carbocycles. The summed E-state index contributed by atoms with van der Waals surface area (Å²) in [4.78, 5) is 0. The molecule has 8 heteroatoms. The van der Waals surface area contributed by atoms with Crippen LogP contribution in [0, 0.1) is 5.82 Å². The number of nitrogens with zero attached hydrogens (tertiary/aromatic N) is 2. The molecule has 0 spiro atoms. The van der Waals surface area contributed by atoms with E-state index in [-0.39, 0.29) is 15.3 Å². The standard InChI is InChI=1S/C20H29ClFN3OSSi/c1-19(2,3)28(6,7)26-12-20(4,5)27-18-16(23)11-17(24-25-18)14-10-13(21)8-9-15(14)22/h8-11H,12H2,1-7H3,(H2,23,24). The normalized spacial score (nSPS) is 13.0. The largest absolute Gasteiger partial charge is 0.415 e. The predicted molar refractivity (Wildman–Crippen MR) is 120 cm³/mol. The first-order chi connectivity index (χ1) is 12.7. The third-order valence-electron chi connectivity index (χ3n) is 4.95. The summed E-state index contributed by atoms with van der Waals surface area (Å²) in [5.74, 6) is -0.415. The van der Waals surface area contributed by atoms with Gasteiger partial charge in [-0.15, -0.1) is 10.2 Å². The molecule has 2 aromatic rings. The van der Waals surface area contributed by atoms with Crippen molar-refractivity contribution in [3.63, 3.8) is 0 Å². The van der Waals surface area contributed by atoms with Gasteiger partial charge in [-0.25, -0.2) is 4.39 Å². The van der Waals surface area contributed by atoms with E-state index >= 15 is 0 Å². The Morgan fingerprint density at radius 1 is 1.14 bits per heavy atom. The Morgan fingerprint density at radius 3 is 2.36 bits per heavy atom. The molecule has 0 aliphatic rings. The van der Waals surface area contributed by atoms with Gasteiger partial charge in [0.1, 0.15) is 10.8 Å². The third kappa shape index (κ3) is 5.69. The van der Waals surface area contributed by atoms with Gasteiger partial charge in [-0.1, -0.05) is 44.1 Å². The Balaban J connectivity index is 2.17. The summed E-state index contributed by atoms with van der Waals surface area (Å²) >= 11 is 7.48. The van der Waals surface area contributed by atoms with Crippen LogP contribution in [0.4, 0.5) is 10.1 Å². The summed E-state index contributed by atoms with van der Waals surface area (Å²) in [6.07, 6.45) is 0. The van der Waals surface area contributed by atoms with Crippen LogP contribution in [0.15, 0.2) is 29.3 Å². The SMILES string of the molecule is CC(C)(CO[Si](C)(C)C(C)(C)C)Sc1nnc(-c2cc(Cl)ccc2F)cc1N. The van der Waals surface area contributed by atoms with Gasteiger partial charge in [0.2, 0.25) is 0 Å². The van der Waals surface area contributed by atoms with Crippen molar-refractivity contribution in [3.05, 3.63) is 35.1 Å². The number of nitrogens with two attached hydrogens (primary N) is 1. The second kappa shape index (κ2) is 8.30. The van der Waals surface area contributed by atoms with Crippen LogP contribution >= 0.6 is 23.4 Å². The highest BCUT2D eigenvalue weighted by Crippen LogP contribution is 2.40. The van der Waals surface area contributed by atoms with E-state index in [9.17, 15) is 4.39 Å². The maximum absolute atomic E-state index is 14.1. The van der Waals surface area contributed by atoms with E-state index in [1.165, 1.54) is 30.0 Å². The Kier molecular flexibility index (Phi) is 6.86. The third-order valence-corrected chi connectivity index (χ3v) is 10.8. The molecule has 0 saturated carbocycles. The zero-order valence-electron chi connectivity index (χ0n) is 17.6. The van der Waals surface area contributed by atoms with Crippen LogP contribution in [0.5, 0.6) is 0 Å². The minimum Gasteiger partial charge on any atom is -0.415 e. The fraction of sp³-hybridized carbons (Fsp3) is 0.500. The van der Waals surface area contributed by atoms with Gasteiger partial charge in [-0.05, 0) is 56.2 Å². The average molecular weight is 442 g/mol. The number of rotatable bonds is 6. The van der Waals surface area contributed by atoms with Crippen molar-refractivity contribution in [1.29, 1.82) is 0 Å². The average Bonchev–Trinajstić information content (AvgIpc) is 2.56. The number of benzene rings is 1. The van der Waals surface area contributed by atoms with E-state index in [0.717, 1.165) is 0 Å². The topological polar surface area (TPSA) is 61.0 Å². The Labute approximate surface area is 177 Å². The molecule has 154 valence electrons. The van der Waals surface area contributed by atoms with Crippen molar-refractivity contribution >= 4 is 37.4 Å². The minimum absolute atomic E-state index is 0.148. The molecule has 0 atom stereocenters. The van der Waals surface area contributed by atoms with Crippen molar-refractivity contribution in [3.8, 4) is 11.3 Å². The summed E-state index contributed by atoms with van der Waals surface area (Å²) in [6, 6.07) is 5.95. The summed E-state index contributed by atoms with van der Waals surface area (Å²) in [7, 11) is -1.85. The molecule has 0 aliphatic carbocycles. The molecular weight excluding hydrogens is 413 g/mol. The Hall–Kier alpha value is -1.15. The lowest BCUT2D eigenvalue weighted by Crippen LogP contribution is -2.43. The molecule has 0 saturated heterocycles. The number of thioether (sulfide) groups is 1. The Morgan fingerprint density at radius 2 is 1.79 bits per heavy atom. The highest BCUT2D eigenvalue weighted by atomic mass is 35.5. The van der Waals surface area contributed by atoms with E-state index in [2.05, 4.69) is 57.9 Å². The van der Waals surface area contributed by atoms with Crippen LogP contribution in [0.25, 0.3) is 11.3 Å². The van der Waals surface area contributed by atoms with Crippen LogP contribution in [0.1, 0.15) is 34.6 Å². The van der Waals surface area contributed by atoms with Gasteiger partial charge in [0.25, 0.3) is 0 Å². The van der Waals surface area contributed by atoms with Crippen molar-refractivity contribution in [2.24, 2.45) is 0 Å². The molecule has 2 rings (SSSR count). The van der Waals surface area contributed by atoms with E-state index in [0.29, 0.717) is 28.0 Å². The minimum atomic E-state index is -1.85. The number of nitrogen functional groups attached to an aromatic ring is 1. The van der Waals surface area contributed by atoms with Crippen molar-refractivity contribution in [2.75, 3.05) is 12.3 Å². The number of anilines is 1. The fourth-order valence-electron chi connectivity index (χ4n) is 2.16. The monoisotopic (exact) mass is 441 g/mol. The van der Waals surface area contributed by atoms with Gasteiger partial charge < -0.3 is 10.2 Å². The van der Waals surface area contributed by atoms with E-state index in [1.807, 2.05) is 0 Å². The first-order valence-electron chi connectivity index (χ1n) is 9.13. The number of halogens is 2. The molecule has 2 N–H and O–H groups in total. The van der Waals surface area contributed by atoms with Crippen LogP contribution in [0.3, 0.4) is 0 Å². The highest BCUT2D eigenvalue weighted by Gasteiger charge is 2.38. The second-order valence-corrected chi connectivity index (χ2v) is 16.0. The molecular formula is C20H29ClFN3OSSi. The summed E-state index contributed by atoms with van der Waals surface area (Å²) in [6.45, 7) is 15.9. The fourth-order valence-corrected chi connectivity index (χ4v) is 4.49. The Bertz CT molecular complexity index is 856. The van der Waals surface area contributed by atoms with E-state index < -0.39 is 14.1 Å². The molecule has 1 aromatic heterocycles. The smallest absolute Gasteiger partial charge is 0.192 e. The zero-order valence-corrected chi connectivity index (χ0v) is 20.1. The van der Waals surface area contributed by atoms with Gasteiger partial charge in [0.15, 0.2) is 8.32 Å². The molecule has 0 aliphatic heterocycles. The van der Waals surface area contributed by atoms with Gasteiger partial charge in [-0.3, -0.25) is 0 Å². The second-order valence-electron chi connectivity index (χ2n) is 9.02. The molecule has 0 unspecified atom stereocenters. The number of hydrogen-bond donors (Lipinski definition) is 1. The van der Waals surface area contributed by atoms with E-state index in [1.54, 1.807) is 6.07 Å². The lowest BCUT2D eigenvalue weighted by atomic mass is 10.1. The van der Waals surface area contributed by atoms with Crippen molar-refractivity contribution in [1.82, 2.24) is 10.2 Å². The molecule has 0 amide bonds. The predicted octanol–water partition coefficient (Wildman–Crippen LogP) is 6.41. The maximum atomic E-state index is 14.1. The van der Waals surface area contributed by atoms with Gasteiger partial charge >= 0.3 is 0 Å². The zero-order chi connectivity index (χ0) is 21.3. The lowest BCUT2D eigenvalue weighted by molar-refractivity contribution is 0.262. The molecule has 0 fully saturated rings. The maximum Gasteiger partial charge on any atom is 0.192 e. The summed E-state index contributed by atoms with van der Waals surface area (Å²) in [5.41, 5.74) is 7.29. The van der Waals surface area contributed by atoms with Crippen LogP contribution in [-0.2, 0) is 4.43 Å². The quantitative estimate of drug-likeness (QED) is 0.414. The van der Waals surface area contributed by atoms with Crippen LogP contribution in [0.2, 0.25) is 23.2 Å². The van der Waals surface area contributed by atoms with Gasteiger partial charge in [0, 0.05) is 21.9 Å². The lowest BCUT2D eigenvalue weighted by Gasteiger charge is -2.38. The molecule has 28 heavy (non-hydrogen) atoms. The van der Waals surface area contributed by atoms with E-state index in [4.69, 9.17) is 21.8 Å². The molecule has 4 nitrogen and oxygen atoms in total. The number of hydrogen-bond acceptors (Lipinski definition) is 5. The first kappa shape index (κ1) is 23.1. The summed E-state index contributed by atoms with van der Waals surface area (Å²) < 4.78 is 20.2. The van der Waals surface area contributed by atoms with Crippen LogP contribution < -0.4 is 5.73 Å². The van der Waals surface area contributed by atoms with Crippen molar-refractivity contribution in [2.45, 2.75) is 62.5 Å². The van der Waals surface area contributed by atoms with Gasteiger partial charge in [0.05, 0.1) is 11.4 Å². The summed E-state index contributed by atoms with van der Waals surface area (Å²) in [5, 5.41) is 9.58. The molecule has 0 radical (unpaired) electrons. The number of aromatic nitrogens is 2. The molecule has 1 heterocycles. The first-order valence-corrected chi connectivity index (χ1v) is 13.2. The van der Waals surface area contributed by atoms with Gasteiger partial charge in [-0.2, -0.15) is 0 Å². The molecule has 0 bridgehead atoms. The van der Waals surface area contributed by atoms with Crippen LogP contribution in [-0.4, -0.2) is 29.9 Å².